The number of methoxy groups -OCH3 is 1. The molecule has 1 N–H and O–H groups in total. The number of benzene rings is 2. The van der Waals surface area contributed by atoms with Gasteiger partial charge in [-0.1, -0.05) is 30.7 Å². The zero-order valence-corrected chi connectivity index (χ0v) is 18.4. The first-order valence-electron chi connectivity index (χ1n) is 11.7. The summed E-state index contributed by atoms with van der Waals surface area (Å²) in [6, 6.07) is 16.8. The number of para-hydroxylation sites is 2. The molecule has 3 atom stereocenters. The smallest absolute Gasteiger partial charge is 0.251 e. The monoisotopic (exact) mass is 419 g/mol. The summed E-state index contributed by atoms with van der Waals surface area (Å²) in [5.41, 5.74) is 3.23. The summed E-state index contributed by atoms with van der Waals surface area (Å²) in [7, 11) is 1.73. The molecular formula is C26H33N3O2. The van der Waals surface area contributed by atoms with Gasteiger partial charge in [0.2, 0.25) is 0 Å². The Balaban J connectivity index is 1.12. The molecule has 2 aliphatic carbocycles. The summed E-state index contributed by atoms with van der Waals surface area (Å²) in [5, 5.41) is 3.29. The summed E-state index contributed by atoms with van der Waals surface area (Å²) >= 11 is 0. The first-order chi connectivity index (χ1) is 15.2. The zero-order chi connectivity index (χ0) is 21.2. The van der Waals surface area contributed by atoms with Crippen LogP contribution in [0.15, 0.2) is 48.5 Å². The molecule has 5 heteroatoms. The molecule has 2 aromatic rings. The van der Waals surface area contributed by atoms with Crippen molar-refractivity contribution in [3.63, 3.8) is 0 Å². The number of hydrogen-bond acceptors (Lipinski definition) is 4. The average molecular weight is 420 g/mol. The highest BCUT2D eigenvalue weighted by Crippen LogP contribution is 2.44. The van der Waals surface area contributed by atoms with Gasteiger partial charge >= 0.3 is 0 Å². The van der Waals surface area contributed by atoms with Gasteiger partial charge in [0.1, 0.15) is 5.75 Å². The summed E-state index contributed by atoms with van der Waals surface area (Å²) in [4.78, 5) is 17.5. The Kier molecular flexibility index (Phi) is 5.86. The maximum atomic E-state index is 12.7. The van der Waals surface area contributed by atoms with Crippen molar-refractivity contribution in [2.45, 2.75) is 38.3 Å². The van der Waals surface area contributed by atoms with E-state index in [-0.39, 0.29) is 5.91 Å². The van der Waals surface area contributed by atoms with Crippen LogP contribution in [0.4, 0.5) is 5.69 Å². The SMILES string of the molecule is COc1ccccc1N1CCN(Cc2ccc(C(=O)N[C@H]3C[C@H]4CC[C@@H]3C4)cc2)CC1. The first-order valence-corrected chi connectivity index (χ1v) is 11.7. The molecule has 2 aromatic carbocycles. The quantitative estimate of drug-likeness (QED) is 0.770. The molecule has 0 aromatic heterocycles. The van der Waals surface area contributed by atoms with Gasteiger partial charge in [-0.05, 0) is 60.9 Å². The minimum atomic E-state index is 0.0922. The number of piperazine rings is 1. The molecule has 5 rings (SSSR count). The van der Waals surface area contributed by atoms with E-state index in [1.54, 1.807) is 7.11 Å². The number of fused-ring (bicyclic) bond motifs is 2. The average Bonchev–Trinajstić information content (AvgIpc) is 3.43. The Morgan fingerprint density at radius 3 is 2.45 bits per heavy atom. The molecule has 2 saturated carbocycles. The normalized spacial score (nSPS) is 25.6. The minimum Gasteiger partial charge on any atom is -0.495 e. The topological polar surface area (TPSA) is 44.8 Å². The number of nitrogens with zero attached hydrogens (tertiary/aromatic N) is 2. The highest BCUT2D eigenvalue weighted by Gasteiger charge is 2.40. The molecule has 2 bridgehead atoms. The van der Waals surface area contributed by atoms with E-state index in [4.69, 9.17) is 4.74 Å². The lowest BCUT2D eigenvalue weighted by Gasteiger charge is -2.36. The van der Waals surface area contributed by atoms with Crippen molar-refractivity contribution < 1.29 is 9.53 Å². The molecule has 1 heterocycles. The van der Waals surface area contributed by atoms with E-state index in [1.807, 2.05) is 24.3 Å². The van der Waals surface area contributed by atoms with Crippen LogP contribution in [0.25, 0.3) is 0 Å². The highest BCUT2D eigenvalue weighted by molar-refractivity contribution is 5.94. The van der Waals surface area contributed by atoms with Crippen molar-refractivity contribution >= 4 is 11.6 Å². The highest BCUT2D eigenvalue weighted by atomic mass is 16.5. The van der Waals surface area contributed by atoms with E-state index >= 15 is 0 Å². The van der Waals surface area contributed by atoms with Crippen LogP contribution in [0.2, 0.25) is 0 Å². The summed E-state index contributed by atoms with van der Waals surface area (Å²) in [6.07, 6.45) is 5.14. The molecule has 0 spiro atoms. The van der Waals surface area contributed by atoms with Gasteiger partial charge in [-0.2, -0.15) is 0 Å². The molecular weight excluding hydrogens is 386 g/mol. The number of carbonyl (C=O) groups is 1. The number of ether oxygens (including phenoxy) is 1. The van der Waals surface area contributed by atoms with Crippen LogP contribution in [0.5, 0.6) is 5.75 Å². The van der Waals surface area contributed by atoms with Crippen LogP contribution in [-0.2, 0) is 6.54 Å². The maximum Gasteiger partial charge on any atom is 0.251 e. The number of amides is 1. The Hall–Kier alpha value is -2.53. The summed E-state index contributed by atoms with van der Waals surface area (Å²) in [6.45, 7) is 4.94. The van der Waals surface area contributed by atoms with Crippen molar-refractivity contribution in [1.29, 1.82) is 0 Å². The Bertz CT molecular complexity index is 905. The fourth-order valence-electron chi connectivity index (χ4n) is 5.73. The number of rotatable bonds is 6. The lowest BCUT2D eigenvalue weighted by atomic mass is 9.95. The van der Waals surface area contributed by atoms with Gasteiger partial charge < -0.3 is 15.0 Å². The lowest BCUT2D eigenvalue weighted by Crippen LogP contribution is -2.46. The van der Waals surface area contributed by atoms with Crippen molar-refractivity contribution in [1.82, 2.24) is 10.2 Å². The second kappa shape index (κ2) is 8.91. The summed E-state index contributed by atoms with van der Waals surface area (Å²) in [5.74, 6) is 2.59. The van der Waals surface area contributed by atoms with E-state index in [9.17, 15) is 4.79 Å². The standard InChI is InChI=1S/C26H33N3O2/c1-31-25-5-3-2-4-24(25)29-14-12-28(13-15-29)18-19-6-9-21(10-7-19)26(30)27-23-17-20-8-11-22(23)16-20/h2-7,9-10,20,22-23H,8,11-18H2,1H3,(H,27,30)/t20-,22+,23-/m0/s1. The fourth-order valence-corrected chi connectivity index (χ4v) is 5.73. The lowest BCUT2D eigenvalue weighted by molar-refractivity contribution is 0.0923. The predicted molar refractivity (Wildman–Crippen MR) is 124 cm³/mol. The van der Waals surface area contributed by atoms with Crippen LogP contribution in [-0.4, -0.2) is 50.1 Å². The number of hydrogen-bond donors (Lipinski definition) is 1. The van der Waals surface area contributed by atoms with E-state index < -0.39 is 0 Å². The molecule has 164 valence electrons. The van der Waals surface area contributed by atoms with E-state index in [0.717, 1.165) is 50.0 Å². The molecule has 3 fully saturated rings. The van der Waals surface area contributed by atoms with Crippen LogP contribution in [0, 0.1) is 11.8 Å². The molecule has 3 aliphatic rings. The number of nitrogens with one attached hydrogen (secondary N) is 1. The molecule has 31 heavy (non-hydrogen) atoms. The molecule has 1 aliphatic heterocycles. The van der Waals surface area contributed by atoms with Crippen molar-refractivity contribution in [3.8, 4) is 5.75 Å². The van der Waals surface area contributed by atoms with Crippen molar-refractivity contribution in [2.24, 2.45) is 11.8 Å². The van der Waals surface area contributed by atoms with Crippen molar-refractivity contribution in [2.75, 3.05) is 38.2 Å². The Morgan fingerprint density at radius 1 is 1.00 bits per heavy atom. The van der Waals surface area contributed by atoms with Crippen LogP contribution >= 0.6 is 0 Å². The third kappa shape index (κ3) is 4.42. The van der Waals surface area contributed by atoms with Gasteiger partial charge in [-0.15, -0.1) is 0 Å². The van der Waals surface area contributed by atoms with Gasteiger partial charge in [0, 0.05) is 44.3 Å². The second-order valence-electron chi connectivity index (χ2n) is 9.39. The minimum absolute atomic E-state index is 0.0922. The first kappa shape index (κ1) is 20.4. The van der Waals surface area contributed by atoms with Crippen molar-refractivity contribution in [3.05, 3.63) is 59.7 Å². The van der Waals surface area contributed by atoms with E-state index in [1.165, 1.54) is 36.9 Å². The largest absolute Gasteiger partial charge is 0.495 e. The van der Waals surface area contributed by atoms with Gasteiger partial charge in [0.15, 0.2) is 0 Å². The molecule has 0 unspecified atom stereocenters. The van der Waals surface area contributed by atoms with Gasteiger partial charge in [-0.25, -0.2) is 0 Å². The second-order valence-corrected chi connectivity index (χ2v) is 9.39. The third-order valence-electron chi connectivity index (χ3n) is 7.48. The number of anilines is 1. The molecule has 1 saturated heterocycles. The molecule has 5 nitrogen and oxygen atoms in total. The van der Waals surface area contributed by atoms with Crippen LogP contribution in [0.1, 0.15) is 41.6 Å². The van der Waals surface area contributed by atoms with E-state index in [0.29, 0.717) is 12.0 Å². The fraction of sp³-hybridized carbons (Fsp3) is 0.500. The van der Waals surface area contributed by atoms with Gasteiger partial charge in [0.05, 0.1) is 12.8 Å². The van der Waals surface area contributed by atoms with Gasteiger partial charge in [-0.3, -0.25) is 9.69 Å². The molecule has 0 radical (unpaired) electrons. The van der Waals surface area contributed by atoms with Crippen LogP contribution in [0.3, 0.4) is 0 Å². The maximum absolute atomic E-state index is 12.7. The van der Waals surface area contributed by atoms with Gasteiger partial charge in [0.25, 0.3) is 5.91 Å². The van der Waals surface area contributed by atoms with E-state index in [2.05, 4.69) is 39.4 Å². The zero-order valence-electron chi connectivity index (χ0n) is 18.4. The predicted octanol–water partition coefficient (Wildman–Crippen LogP) is 3.94. The molecule has 1 amide bonds. The summed E-state index contributed by atoms with van der Waals surface area (Å²) < 4.78 is 5.52. The Labute approximate surface area is 185 Å². The Morgan fingerprint density at radius 2 is 1.77 bits per heavy atom. The number of carbonyl (C=O) groups excluding carboxylic acids is 1. The third-order valence-corrected chi connectivity index (χ3v) is 7.48. The van der Waals surface area contributed by atoms with Crippen LogP contribution < -0.4 is 15.0 Å².